The van der Waals surface area contributed by atoms with Gasteiger partial charge in [-0.05, 0) is 25.0 Å². The van der Waals surface area contributed by atoms with Crippen LogP contribution in [-0.2, 0) is 10.0 Å². The van der Waals surface area contributed by atoms with Crippen molar-refractivity contribution >= 4 is 15.7 Å². The second-order valence-corrected chi connectivity index (χ2v) is 7.17. The lowest BCUT2D eigenvalue weighted by molar-refractivity contribution is 0.202. The number of hydrogen-bond acceptors (Lipinski definition) is 4. The zero-order chi connectivity index (χ0) is 15.4. The number of sulfonamides is 1. The van der Waals surface area contributed by atoms with Gasteiger partial charge in [-0.1, -0.05) is 26.0 Å². The van der Waals surface area contributed by atoms with E-state index in [1.54, 1.807) is 24.3 Å². The summed E-state index contributed by atoms with van der Waals surface area (Å²) in [6, 6.07) is 6.78. The van der Waals surface area contributed by atoms with Crippen molar-refractivity contribution in [3.05, 3.63) is 24.3 Å². The van der Waals surface area contributed by atoms with Gasteiger partial charge in [-0.3, -0.25) is 0 Å². The molecule has 1 rings (SSSR count). The zero-order valence-corrected chi connectivity index (χ0v) is 13.4. The minimum atomic E-state index is -3.52. The lowest BCUT2D eigenvalue weighted by Gasteiger charge is -2.33. The predicted octanol–water partition coefficient (Wildman–Crippen LogP) is 1.90. The number of nitrogens with zero attached hydrogens (tertiary/aromatic N) is 1. The Kier molecular flexibility index (Phi) is 5.56. The van der Waals surface area contributed by atoms with Crippen LogP contribution in [0.1, 0.15) is 26.7 Å². The molecule has 0 atom stereocenters. The third-order valence-electron chi connectivity index (χ3n) is 3.70. The predicted molar refractivity (Wildman–Crippen MR) is 81.3 cm³/mol. The Morgan fingerprint density at radius 3 is 2.20 bits per heavy atom. The van der Waals surface area contributed by atoms with Crippen molar-refractivity contribution in [1.82, 2.24) is 4.31 Å². The van der Waals surface area contributed by atoms with E-state index in [4.69, 9.17) is 0 Å². The normalized spacial score (nSPS) is 12.7. The molecule has 5 nitrogen and oxygen atoms in total. The van der Waals surface area contributed by atoms with Gasteiger partial charge in [0.25, 0.3) is 0 Å². The van der Waals surface area contributed by atoms with Crippen molar-refractivity contribution in [3.8, 4) is 0 Å². The van der Waals surface area contributed by atoms with Gasteiger partial charge in [0.1, 0.15) is 4.90 Å². The molecule has 0 aliphatic rings. The molecule has 0 amide bonds. The molecule has 20 heavy (non-hydrogen) atoms. The first-order valence-electron chi connectivity index (χ1n) is 6.73. The minimum absolute atomic E-state index is 0.0453. The van der Waals surface area contributed by atoms with Crippen LogP contribution in [0.4, 0.5) is 5.69 Å². The summed E-state index contributed by atoms with van der Waals surface area (Å²) in [5.41, 5.74) is 0.0248. The summed E-state index contributed by atoms with van der Waals surface area (Å²) in [7, 11) is -0.505. The SMILES string of the molecule is CCC(CC)(CO)Nc1ccccc1S(=O)(=O)N(C)C. The van der Waals surface area contributed by atoms with E-state index < -0.39 is 15.6 Å². The molecule has 1 aromatic carbocycles. The molecule has 0 fully saturated rings. The monoisotopic (exact) mass is 300 g/mol. The molecule has 0 aromatic heterocycles. The molecule has 0 spiro atoms. The molecule has 0 radical (unpaired) electrons. The fraction of sp³-hybridized carbons (Fsp3) is 0.571. The number of aliphatic hydroxyl groups is 1. The summed E-state index contributed by atoms with van der Waals surface area (Å²) < 4.78 is 25.8. The molecule has 0 aliphatic carbocycles. The van der Waals surface area contributed by atoms with E-state index >= 15 is 0 Å². The van der Waals surface area contributed by atoms with Crippen LogP contribution in [-0.4, -0.2) is 44.1 Å². The summed E-state index contributed by atoms with van der Waals surface area (Å²) in [4.78, 5) is 0.227. The number of hydrogen-bond donors (Lipinski definition) is 2. The van der Waals surface area contributed by atoms with E-state index in [0.717, 1.165) is 0 Å². The van der Waals surface area contributed by atoms with Crippen molar-refractivity contribution in [1.29, 1.82) is 0 Å². The van der Waals surface area contributed by atoms with Gasteiger partial charge in [0, 0.05) is 14.1 Å². The third-order valence-corrected chi connectivity index (χ3v) is 5.57. The Hall–Kier alpha value is -1.11. The number of aliphatic hydroxyl groups excluding tert-OH is 1. The maximum atomic E-state index is 12.3. The molecule has 0 heterocycles. The first kappa shape index (κ1) is 16.9. The van der Waals surface area contributed by atoms with Crippen LogP contribution < -0.4 is 5.32 Å². The molecular formula is C14H24N2O3S. The summed E-state index contributed by atoms with van der Waals surface area (Å²) in [5, 5.41) is 12.8. The van der Waals surface area contributed by atoms with Crippen molar-refractivity contribution in [3.63, 3.8) is 0 Å². The average molecular weight is 300 g/mol. The number of nitrogens with one attached hydrogen (secondary N) is 1. The van der Waals surface area contributed by atoms with Crippen LogP contribution >= 0.6 is 0 Å². The smallest absolute Gasteiger partial charge is 0.244 e. The Morgan fingerprint density at radius 2 is 1.75 bits per heavy atom. The minimum Gasteiger partial charge on any atom is -0.394 e. The van der Waals surface area contributed by atoms with Crippen LogP contribution in [0, 0.1) is 0 Å². The van der Waals surface area contributed by atoms with Gasteiger partial charge >= 0.3 is 0 Å². The lowest BCUT2D eigenvalue weighted by atomic mass is 9.93. The molecule has 2 N–H and O–H groups in total. The standard InChI is InChI=1S/C14H24N2O3S/c1-5-14(6-2,11-17)15-12-9-7-8-10-13(12)20(18,19)16(3)4/h7-10,15,17H,5-6,11H2,1-4H3. The highest BCUT2D eigenvalue weighted by atomic mass is 32.2. The van der Waals surface area contributed by atoms with Gasteiger partial charge in [-0.25, -0.2) is 12.7 Å². The summed E-state index contributed by atoms with van der Waals surface area (Å²) >= 11 is 0. The Bertz CT molecular complexity index is 529. The molecule has 0 aliphatic heterocycles. The van der Waals surface area contributed by atoms with E-state index in [1.165, 1.54) is 18.4 Å². The quantitative estimate of drug-likeness (QED) is 0.807. The number of benzene rings is 1. The Balaban J connectivity index is 3.28. The number of para-hydroxylation sites is 1. The topological polar surface area (TPSA) is 69.6 Å². The van der Waals surface area contributed by atoms with Crippen molar-refractivity contribution in [2.24, 2.45) is 0 Å². The maximum absolute atomic E-state index is 12.3. The van der Waals surface area contributed by atoms with E-state index in [0.29, 0.717) is 18.5 Å². The van der Waals surface area contributed by atoms with Gasteiger partial charge in [0.2, 0.25) is 10.0 Å². The van der Waals surface area contributed by atoms with Gasteiger partial charge in [-0.2, -0.15) is 0 Å². The van der Waals surface area contributed by atoms with Crippen LogP contribution in [0.15, 0.2) is 29.2 Å². The highest BCUT2D eigenvalue weighted by molar-refractivity contribution is 7.89. The maximum Gasteiger partial charge on any atom is 0.244 e. The van der Waals surface area contributed by atoms with Gasteiger partial charge in [0.15, 0.2) is 0 Å². The Labute approximate surface area is 121 Å². The fourth-order valence-electron chi connectivity index (χ4n) is 1.97. The van der Waals surface area contributed by atoms with Crippen molar-refractivity contribution < 1.29 is 13.5 Å². The van der Waals surface area contributed by atoms with E-state index in [1.807, 2.05) is 13.8 Å². The van der Waals surface area contributed by atoms with Crippen LogP contribution in [0.3, 0.4) is 0 Å². The fourth-order valence-corrected chi connectivity index (χ4v) is 3.01. The summed E-state index contributed by atoms with van der Waals surface area (Å²) in [6.07, 6.45) is 1.41. The summed E-state index contributed by atoms with van der Waals surface area (Å²) in [5.74, 6) is 0. The molecule has 114 valence electrons. The van der Waals surface area contributed by atoms with E-state index in [9.17, 15) is 13.5 Å². The molecule has 0 bridgehead atoms. The van der Waals surface area contributed by atoms with Crippen molar-refractivity contribution in [2.45, 2.75) is 37.1 Å². The molecule has 6 heteroatoms. The zero-order valence-electron chi connectivity index (χ0n) is 12.5. The molecule has 0 saturated heterocycles. The summed E-state index contributed by atoms with van der Waals surface area (Å²) in [6.45, 7) is 3.89. The Morgan fingerprint density at radius 1 is 1.20 bits per heavy atom. The van der Waals surface area contributed by atoms with E-state index in [-0.39, 0.29) is 11.5 Å². The number of rotatable bonds is 7. The highest BCUT2D eigenvalue weighted by Crippen LogP contribution is 2.28. The third kappa shape index (κ3) is 3.31. The van der Waals surface area contributed by atoms with Gasteiger partial charge in [0.05, 0.1) is 17.8 Å². The lowest BCUT2D eigenvalue weighted by Crippen LogP contribution is -2.41. The molecule has 0 saturated carbocycles. The second kappa shape index (κ2) is 6.56. The molecular weight excluding hydrogens is 276 g/mol. The second-order valence-electron chi connectivity index (χ2n) is 5.05. The highest BCUT2D eigenvalue weighted by Gasteiger charge is 2.28. The van der Waals surface area contributed by atoms with Crippen LogP contribution in [0.5, 0.6) is 0 Å². The average Bonchev–Trinajstić information content (AvgIpc) is 2.45. The van der Waals surface area contributed by atoms with Crippen LogP contribution in [0.2, 0.25) is 0 Å². The van der Waals surface area contributed by atoms with Crippen molar-refractivity contribution in [2.75, 3.05) is 26.0 Å². The largest absolute Gasteiger partial charge is 0.394 e. The first-order valence-corrected chi connectivity index (χ1v) is 8.17. The number of anilines is 1. The molecule has 0 unspecified atom stereocenters. The molecule has 1 aromatic rings. The van der Waals surface area contributed by atoms with Gasteiger partial charge in [-0.15, -0.1) is 0 Å². The van der Waals surface area contributed by atoms with Crippen LogP contribution in [0.25, 0.3) is 0 Å². The van der Waals surface area contributed by atoms with E-state index in [2.05, 4.69) is 5.32 Å². The first-order chi connectivity index (χ1) is 9.33. The van der Waals surface area contributed by atoms with Gasteiger partial charge < -0.3 is 10.4 Å².